The maximum Gasteiger partial charge on any atom is 0.338 e. The van der Waals surface area contributed by atoms with E-state index in [9.17, 15) is 19.8 Å². The van der Waals surface area contributed by atoms with Crippen LogP contribution in [0.15, 0.2) is 48.5 Å². The minimum Gasteiger partial charge on any atom is -0.508 e. The smallest absolute Gasteiger partial charge is 0.338 e. The molecule has 6 heteroatoms. The van der Waals surface area contributed by atoms with Gasteiger partial charge in [0.2, 0.25) is 0 Å². The third kappa shape index (κ3) is 7.40. The van der Waals surface area contributed by atoms with Crippen molar-refractivity contribution in [2.24, 2.45) is 0 Å². The Labute approximate surface area is 158 Å². The van der Waals surface area contributed by atoms with Crippen molar-refractivity contribution in [1.29, 1.82) is 0 Å². The van der Waals surface area contributed by atoms with E-state index < -0.39 is 11.9 Å². The standard InChI is InChI=1S/C21H24O6/c22-18-10-6-16(7-11-18)20(24)26-14-4-2-1-3-5-15-27-21(25)17-8-12-19(23)13-9-17/h6-13,22-23H,1-5,14-15H2. The molecule has 0 atom stereocenters. The van der Waals surface area contributed by atoms with Gasteiger partial charge in [0, 0.05) is 0 Å². The Kier molecular flexibility index (Phi) is 8.16. The van der Waals surface area contributed by atoms with Crippen molar-refractivity contribution >= 4 is 11.9 Å². The largest absolute Gasteiger partial charge is 0.508 e. The normalized spacial score (nSPS) is 10.4. The SMILES string of the molecule is O=C(OCCCCCCCOC(=O)c1ccc(O)cc1)c1ccc(O)cc1. The molecule has 2 aromatic rings. The van der Waals surface area contributed by atoms with E-state index in [2.05, 4.69) is 0 Å². The van der Waals surface area contributed by atoms with Crippen LogP contribution in [0.4, 0.5) is 0 Å². The molecule has 0 saturated carbocycles. The summed E-state index contributed by atoms with van der Waals surface area (Å²) < 4.78 is 10.4. The highest BCUT2D eigenvalue weighted by Gasteiger charge is 2.07. The molecule has 0 aliphatic rings. The highest BCUT2D eigenvalue weighted by molar-refractivity contribution is 5.89. The summed E-state index contributed by atoms with van der Waals surface area (Å²) in [5, 5.41) is 18.4. The maximum atomic E-state index is 11.8. The minimum atomic E-state index is -0.392. The molecule has 0 aliphatic heterocycles. The summed E-state index contributed by atoms with van der Waals surface area (Å²) in [4.78, 5) is 23.5. The van der Waals surface area contributed by atoms with E-state index in [0.717, 1.165) is 32.1 Å². The lowest BCUT2D eigenvalue weighted by Gasteiger charge is -2.06. The van der Waals surface area contributed by atoms with Gasteiger partial charge in [-0.2, -0.15) is 0 Å². The molecule has 0 aromatic heterocycles. The van der Waals surface area contributed by atoms with Crippen LogP contribution in [-0.2, 0) is 9.47 Å². The molecule has 0 aliphatic carbocycles. The van der Waals surface area contributed by atoms with Crippen LogP contribution in [0.25, 0.3) is 0 Å². The Bertz CT molecular complexity index is 658. The predicted molar refractivity (Wildman–Crippen MR) is 99.9 cm³/mol. The Morgan fingerprint density at radius 3 is 1.30 bits per heavy atom. The number of benzene rings is 2. The van der Waals surface area contributed by atoms with E-state index >= 15 is 0 Å². The molecular formula is C21H24O6. The number of rotatable bonds is 10. The number of unbranched alkanes of at least 4 members (excludes halogenated alkanes) is 4. The van der Waals surface area contributed by atoms with Gasteiger partial charge in [0.1, 0.15) is 11.5 Å². The average molecular weight is 372 g/mol. The van der Waals surface area contributed by atoms with Crippen LogP contribution in [0.2, 0.25) is 0 Å². The van der Waals surface area contributed by atoms with Crippen LogP contribution in [0.5, 0.6) is 11.5 Å². The molecule has 2 rings (SSSR count). The summed E-state index contributed by atoms with van der Waals surface area (Å²) in [6.07, 6.45) is 4.37. The molecule has 0 radical (unpaired) electrons. The zero-order valence-corrected chi connectivity index (χ0v) is 15.1. The second-order valence-corrected chi connectivity index (χ2v) is 6.13. The Hall–Kier alpha value is -3.02. The van der Waals surface area contributed by atoms with E-state index in [-0.39, 0.29) is 11.5 Å². The summed E-state index contributed by atoms with van der Waals surface area (Å²) in [7, 11) is 0. The molecule has 0 spiro atoms. The van der Waals surface area contributed by atoms with Crippen molar-refractivity contribution in [3.63, 3.8) is 0 Å². The van der Waals surface area contributed by atoms with Gasteiger partial charge < -0.3 is 19.7 Å². The average Bonchev–Trinajstić information content (AvgIpc) is 2.67. The van der Waals surface area contributed by atoms with Gasteiger partial charge in [-0.15, -0.1) is 0 Å². The number of hydrogen-bond donors (Lipinski definition) is 2. The molecule has 0 unspecified atom stereocenters. The van der Waals surface area contributed by atoms with Gasteiger partial charge in [0.15, 0.2) is 0 Å². The lowest BCUT2D eigenvalue weighted by molar-refractivity contribution is 0.0496. The molecule has 2 aromatic carbocycles. The zero-order valence-electron chi connectivity index (χ0n) is 15.1. The summed E-state index contributed by atoms with van der Waals surface area (Å²) >= 11 is 0. The fourth-order valence-electron chi connectivity index (χ4n) is 2.43. The summed E-state index contributed by atoms with van der Waals surface area (Å²) in [6, 6.07) is 11.9. The molecule has 0 amide bonds. The van der Waals surface area contributed by atoms with E-state index in [1.54, 1.807) is 0 Å². The Morgan fingerprint density at radius 1 is 0.593 bits per heavy atom. The van der Waals surface area contributed by atoms with Gasteiger partial charge in [0.25, 0.3) is 0 Å². The first-order chi connectivity index (χ1) is 13.1. The van der Waals surface area contributed by atoms with Crippen LogP contribution < -0.4 is 0 Å². The Balaban J connectivity index is 1.47. The van der Waals surface area contributed by atoms with Gasteiger partial charge in [-0.3, -0.25) is 0 Å². The van der Waals surface area contributed by atoms with Gasteiger partial charge in [0.05, 0.1) is 24.3 Å². The van der Waals surface area contributed by atoms with Gasteiger partial charge >= 0.3 is 11.9 Å². The monoisotopic (exact) mass is 372 g/mol. The second kappa shape index (κ2) is 10.9. The molecular weight excluding hydrogens is 348 g/mol. The molecule has 0 bridgehead atoms. The van der Waals surface area contributed by atoms with E-state index in [4.69, 9.17) is 9.47 Å². The first-order valence-corrected chi connectivity index (χ1v) is 8.98. The molecule has 2 N–H and O–H groups in total. The number of carbonyl (C=O) groups is 2. The molecule has 27 heavy (non-hydrogen) atoms. The van der Waals surface area contributed by atoms with Crippen LogP contribution in [-0.4, -0.2) is 35.4 Å². The van der Waals surface area contributed by atoms with E-state index in [0.29, 0.717) is 24.3 Å². The zero-order chi connectivity index (χ0) is 19.5. The number of ether oxygens (including phenoxy) is 2. The van der Waals surface area contributed by atoms with Crippen molar-refractivity contribution in [3.8, 4) is 11.5 Å². The van der Waals surface area contributed by atoms with Gasteiger partial charge in [-0.25, -0.2) is 9.59 Å². The third-order valence-electron chi connectivity index (χ3n) is 3.96. The quantitative estimate of drug-likeness (QED) is 0.482. The van der Waals surface area contributed by atoms with Gasteiger partial charge in [-0.1, -0.05) is 19.3 Å². The fraction of sp³-hybridized carbons (Fsp3) is 0.333. The van der Waals surface area contributed by atoms with Crippen molar-refractivity contribution < 1.29 is 29.3 Å². The number of phenols is 2. The number of hydrogen-bond acceptors (Lipinski definition) is 6. The number of phenolic OH excluding ortho intramolecular Hbond substituents is 2. The summed E-state index contributed by atoms with van der Waals surface area (Å²) in [6.45, 7) is 0.713. The van der Waals surface area contributed by atoms with Crippen LogP contribution in [0.1, 0.15) is 52.8 Å². The maximum absolute atomic E-state index is 11.8. The second-order valence-electron chi connectivity index (χ2n) is 6.13. The van der Waals surface area contributed by atoms with Crippen molar-refractivity contribution in [2.45, 2.75) is 32.1 Å². The molecule has 0 saturated heterocycles. The number of esters is 2. The summed E-state index contributed by atoms with van der Waals surface area (Å²) in [5.41, 5.74) is 0.839. The first-order valence-electron chi connectivity index (χ1n) is 8.98. The predicted octanol–water partition coefficient (Wildman–Crippen LogP) is 4.06. The van der Waals surface area contributed by atoms with E-state index in [1.807, 2.05) is 0 Å². The lowest BCUT2D eigenvalue weighted by atomic mass is 10.1. The molecule has 144 valence electrons. The number of carbonyl (C=O) groups excluding carboxylic acids is 2. The summed E-state index contributed by atoms with van der Waals surface area (Å²) in [5.74, 6) is -0.562. The third-order valence-corrected chi connectivity index (χ3v) is 3.96. The molecule has 6 nitrogen and oxygen atoms in total. The Morgan fingerprint density at radius 2 is 0.926 bits per heavy atom. The highest BCUT2D eigenvalue weighted by atomic mass is 16.5. The molecule has 0 fully saturated rings. The minimum absolute atomic E-state index is 0.111. The van der Waals surface area contributed by atoms with Crippen molar-refractivity contribution in [2.75, 3.05) is 13.2 Å². The first kappa shape index (κ1) is 20.3. The highest BCUT2D eigenvalue weighted by Crippen LogP contribution is 2.12. The molecule has 0 heterocycles. The van der Waals surface area contributed by atoms with Crippen molar-refractivity contribution in [1.82, 2.24) is 0 Å². The van der Waals surface area contributed by atoms with Crippen LogP contribution >= 0.6 is 0 Å². The van der Waals surface area contributed by atoms with Gasteiger partial charge in [-0.05, 0) is 61.4 Å². The van der Waals surface area contributed by atoms with Crippen molar-refractivity contribution in [3.05, 3.63) is 59.7 Å². The number of aromatic hydroxyl groups is 2. The lowest BCUT2D eigenvalue weighted by Crippen LogP contribution is -2.07. The van der Waals surface area contributed by atoms with Crippen LogP contribution in [0.3, 0.4) is 0 Å². The topological polar surface area (TPSA) is 93.1 Å². The van der Waals surface area contributed by atoms with Crippen LogP contribution in [0, 0.1) is 0 Å². The fourth-order valence-corrected chi connectivity index (χ4v) is 2.43. The van der Waals surface area contributed by atoms with E-state index in [1.165, 1.54) is 48.5 Å².